The molecule has 1 fully saturated rings. The number of rotatable bonds is 18. The van der Waals surface area contributed by atoms with Crippen LogP contribution in [0.4, 0.5) is 17.6 Å². The molecule has 0 radical (unpaired) electrons. The summed E-state index contributed by atoms with van der Waals surface area (Å²) in [5.41, 5.74) is 1.01. The van der Waals surface area contributed by atoms with Crippen LogP contribution in [0.2, 0.25) is 0 Å². The lowest BCUT2D eigenvalue weighted by Crippen LogP contribution is -2.60. The number of benzene rings is 2. The molecule has 3 atom stereocenters. The predicted octanol–water partition coefficient (Wildman–Crippen LogP) is 6.33. The van der Waals surface area contributed by atoms with Crippen molar-refractivity contribution >= 4 is 17.7 Å². The number of unbranched alkanes of at least 4 members (excludes halogenated alkanes) is 4. The number of halogens is 4. The van der Waals surface area contributed by atoms with Gasteiger partial charge in [-0.05, 0) is 49.1 Å². The standard InChI is InChI=1S/C34H44F4N2O6/c1-4-5-6-7-8-11-22-12-14-23(15-13-22)34(16-9-10-17-46-34)40-31(21(2)3)33(44)39-26(19-28(42)43)27(41)20-45-32-29(37)24(35)18-25(36)30(32)38/h12-15,18,21,26,31,40H,4-11,16-17,19-20H2,1-3H3,(H,39,44)(H,42,43)/t26-,31-,34?/m0/s1. The number of hydrogen-bond donors (Lipinski definition) is 3. The fourth-order valence-corrected chi connectivity index (χ4v) is 5.48. The zero-order chi connectivity index (χ0) is 33.9. The SMILES string of the molecule is CCCCCCCc1ccc(C2(N[C@H](C(=O)N[C@@H](CC(=O)O)C(=O)COc3c(F)c(F)cc(F)c3F)C(C)C)CCCCO2)cc1. The highest BCUT2D eigenvalue weighted by Crippen LogP contribution is 2.34. The molecule has 2 aromatic rings. The van der Waals surface area contributed by atoms with Crippen molar-refractivity contribution in [1.29, 1.82) is 0 Å². The minimum atomic E-state index is -1.85. The second kappa shape index (κ2) is 17.4. The Morgan fingerprint density at radius 2 is 1.63 bits per heavy atom. The first-order chi connectivity index (χ1) is 21.9. The van der Waals surface area contributed by atoms with Crippen molar-refractivity contribution in [2.75, 3.05) is 13.2 Å². The Labute approximate surface area is 267 Å². The molecule has 1 unspecified atom stereocenters. The molecule has 0 saturated carbocycles. The van der Waals surface area contributed by atoms with E-state index in [9.17, 15) is 37.1 Å². The molecule has 1 aliphatic rings. The summed E-state index contributed by atoms with van der Waals surface area (Å²) in [6.07, 6.45) is 8.20. The van der Waals surface area contributed by atoms with E-state index in [-0.39, 0.29) is 12.0 Å². The largest absolute Gasteiger partial charge is 0.481 e. The van der Waals surface area contributed by atoms with Crippen molar-refractivity contribution in [3.8, 4) is 5.75 Å². The number of carbonyl (C=O) groups excluding carboxylic acids is 2. The summed E-state index contributed by atoms with van der Waals surface area (Å²) in [6, 6.07) is 5.44. The molecule has 0 aliphatic carbocycles. The van der Waals surface area contributed by atoms with E-state index in [1.807, 2.05) is 12.1 Å². The van der Waals surface area contributed by atoms with Crippen molar-refractivity contribution in [2.24, 2.45) is 5.92 Å². The second-order valence-corrected chi connectivity index (χ2v) is 12.1. The molecule has 0 aromatic heterocycles. The van der Waals surface area contributed by atoms with E-state index in [1.54, 1.807) is 13.8 Å². The molecular formula is C34H44F4N2O6. The van der Waals surface area contributed by atoms with Crippen LogP contribution in [0.25, 0.3) is 0 Å². The number of hydrogen-bond acceptors (Lipinski definition) is 6. The molecule has 8 nitrogen and oxygen atoms in total. The van der Waals surface area contributed by atoms with Gasteiger partial charge in [0, 0.05) is 12.7 Å². The minimum absolute atomic E-state index is 0.0153. The Kier molecular flexibility index (Phi) is 14.0. The van der Waals surface area contributed by atoms with Crippen molar-refractivity contribution in [3.05, 3.63) is 64.7 Å². The Morgan fingerprint density at radius 3 is 2.20 bits per heavy atom. The maximum atomic E-state index is 14.0. The van der Waals surface area contributed by atoms with Gasteiger partial charge < -0.3 is 19.9 Å². The third-order valence-electron chi connectivity index (χ3n) is 8.11. The third-order valence-corrected chi connectivity index (χ3v) is 8.11. The van der Waals surface area contributed by atoms with E-state index in [4.69, 9.17) is 9.47 Å². The van der Waals surface area contributed by atoms with Crippen LogP contribution in [-0.4, -0.2) is 48.1 Å². The highest BCUT2D eigenvalue weighted by molar-refractivity contribution is 5.94. The summed E-state index contributed by atoms with van der Waals surface area (Å²) in [5.74, 6) is -12.2. The van der Waals surface area contributed by atoms with Crippen molar-refractivity contribution in [1.82, 2.24) is 10.6 Å². The van der Waals surface area contributed by atoms with Gasteiger partial charge in [0.1, 0.15) is 18.4 Å². The summed E-state index contributed by atoms with van der Waals surface area (Å²) >= 11 is 0. The summed E-state index contributed by atoms with van der Waals surface area (Å²) in [6.45, 7) is 5.02. The van der Waals surface area contributed by atoms with Gasteiger partial charge in [0.05, 0.1) is 12.5 Å². The zero-order valence-electron chi connectivity index (χ0n) is 26.6. The normalized spacial score (nSPS) is 17.8. The lowest BCUT2D eigenvalue weighted by molar-refractivity contribution is -0.143. The van der Waals surface area contributed by atoms with Crippen molar-refractivity contribution in [2.45, 2.75) is 103 Å². The van der Waals surface area contributed by atoms with E-state index in [0.29, 0.717) is 13.0 Å². The molecule has 0 bridgehead atoms. The van der Waals surface area contributed by atoms with Crippen LogP contribution in [0.15, 0.2) is 30.3 Å². The number of ether oxygens (including phenoxy) is 2. The Bertz CT molecular complexity index is 1310. The number of carboxylic acid groups (broad SMARTS) is 1. The topological polar surface area (TPSA) is 114 Å². The molecular weight excluding hydrogens is 608 g/mol. The van der Waals surface area contributed by atoms with E-state index in [1.165, 1.54) is 31.2 Å². The predicted molar refractivity (Wildman–Crippen MR) is 163 cm³/mol. The molecule has 46 heavy (non-hydrogen) atoms. The molecule has 1 amide bonds. The third kappa shape index (κ3) is 9.99. The monoisotopic (exact) mass is 652 g/mol. The molecule has 1 aliphatic heterocycles. The Morgan fingerprint density at radius 1 is 0.978 bits per heavy atom. The van der Waals surface area contributed by atoms with Gasteiger partial charge in [-0.15, -0.1) is 0 Å². The number of aryl methyl sites for hydroxylation is 1. The Hall–Kier alpha value is -3.51. The number of nitrogens with one attached hydrogen (secondary N) is 2. The lowest BCUT2D eigenvalue weighted by atomic mass is 9.90. The van der Waals surface area contributed by atoms with E-state index < -0.39 is 77.5 Å². The number of amides is 1. The van der Waals surface area contributed by atoms with Gasteiger partial charge in [-0.25, -0.2) is 8.78 Å². The average molecular weight is 653 g/mol. The maximum Gasteiger partial charge on any atom is 0.305 e. The van der Waals surface area contributed by atoms with Gasteiger partial charge in [0.25, 0.3) is 0 Å². The van der Waals surface area contributed by atoms with Crippen LogP contribution in [0, 0.1) is 29.2 Å². The van der Waals surface area contributed by atoms with Crippen LogP contribution >= 0.6 is 0 Å². The quantitative estimate of drug-likeness (QED) is 0.0980. The van der Waals surface area contributed by atoms with E-state index in [2.05, 4.69) is 29.7 Å². The van der Waals surface area contributed by atoms with Gasteiger partial charge in [-0.1, -0.05) is 70.7 Å². The fraction of sp³-hybridized carbons (Fsp3) is 0.559. The van der Waals surface area contributed by atoms with Crippen LogP contribution in [0.1, 0.15) is 89.7 Å². The minimum Gasteiger partial charge on any atom is -0.481 e. The highest BCUT2D eigenvalue weighted by Gasteiger charge is 2.41. The molecule has 0 spiro atoms. The first-order valence-electron chi connectivity index (χ1n) is 15.9. The molecule has 12 heteroatoms. The molecule has 1 heterocycles. The van der Waals surface area contributed by atoms with Crippen molar-refractivity contribution in [3.63, 3.8) is 0 Å². The van der Waals surface area contributed by atoms with Gasteiger partial charge in [0.15, 0.2) is 23.2 Å². The van der Waals surface area contributed by atoms with Gasteiger partial charge in [-0.2, -0.15) is 8.78 Å². The average Bonchev–Trinajstić information content (AvgIpc) is 3.02. The summed E-state index contributed by atoms with van der Waals surface area (Å²) in [4.78, 5) is 38.1. The maximum absolute atomic E-state index is 14.0. The molecule has 1 saturated heterocycles. The molecule has 2 aromatic carbocycles. The number of aliphatic carboxylic acids is 1. The second-order valence-electron chi connectivity index (χ2n) is 12.1. The van der Waals surface area contributed by atoms with Crippen molar-refractivity contribution < 1.29 is 46.5 Å². The molecule has 3 rings (SSSR count). The van der Waals surface area contributed by atoms with Crippen LogP contribution in [0.3, 0.4) is 0 Å². The summed E-state index contributed by atoms with van der Waals surface area (Å²) in [7, 11) is 0. The smallest absolute Gasteiger partial charge is 0.305 e. The summed E-state index contributed by atoms with van der Waals surface area (Å²) in [5, 5.41) is 15.2. The Balaban J connectivity index is 1.76. The van der Waals surface area contributed by atoms with Gasteiger partial charge >= 0.3 is 5.97 Å². The lowest BCUT2D eigenvalue weighted by Gasteiger charge is -2.42. The van der Waals surface area contributed by atoms with E-state index in [0.717, 1.165) is 31.2 Å². The van der Waals surface area contributed by atoms with Gasteiger partial charge in [0.2, 0.25) is 17.5 Å². The van der Waals surface area contributed by atoms with Crippen LogP contribution in [-0.2, 0) is 31.3 Å². The highest BCUT2D eigenvalue weighted by atomic mass is 19.2. The first-order valence-corrected chi connectivity index (χ1v) is 15.9. The number of carboxylic acids is 1. The fourth-order valence-electron chi connectivity index (χ4n) is 5.48. The molecule has 254 valence electrons. The van der Waals surface area contributed by atoms with Crippen LogP contribution < -0.4 is 15.4 Å². The summed E-state index contributed by atoms with van der Waals surface area (Å²) < 4.78 is 66.2. The number of carbonyl (C=O) groups is 3. The first kappa shape index (κ1) is 37.0. The van der Waals surface area contributed by atoms with Gasteiger partial charge in [-0.3, -0.25) is 19.7 Å². The van der Waals surface area contributed by atoms with Crippen LogP contribution in [0.5, 0.6) is 5.75 Å². The molecule has 3 N–H and O–H groups in total. The van der Waals surface area contributed by atoms with E-state index >= 15 is 0 Å². The number of ketones is 1. The zero-order valence-corrected chi connectivity index (χ0v) is 26.6. The number of Topliss-reactive ketones (excluding diaryl/α,β-unsaturated/α-hetero) is 1.